The van der Waals surface area contributed by atoms with Crippen molar-refractivity contribution >= 4 is 11.5 Å². The van der Waals surface area contributed by atoms with Gasteiger partial charge in [0.25, 0.3) is 0 Å². The number of benzene rings is 1. The Morgan fingerprint density at radius 1 is 1.19 bits per heavy atom. The lowest BCUT2D eigenvalue weighted by Gasteiger charge is -2.17. The lowest BCUT2D eigenvalue weighted by Crippen LogP contribution is -2.23. The minimum absolute atomic E-state index is 0.0353. The number of carbonyl (C=O) groups excluding carboxylic acids is 1. The standard InChI is InChI=1S/C17H19N3O/c1-3-4-7-10-18-14-12-8-5-6-9-13(12)17(21)16-15(14)19-11-20(16)2/h5-6,8-9,11H,3-4,7,10H2,1-2H3. The van der Waals surface area contributed by atoms with Crippen LogP contribution in [0.1, 0.15) is 53.5 Å². The first kappa shape index (κ1) is 13.7. The molecule has 1 aromatic carbocycles. The fraction of sp³-hybridized carbons (Fsp3) is 0.353. The minimum atomic E-state index is 0.0353. The Kier molecular flexibility index (Phi) is 3.69. The molecule has 108 valence electrons. The average molecular weight is 281 g/mol. The van der Waals surface area contributed by atoms with Crippen molar-refractivity contribution < 1.29 is 4.79 Å². The lowest BCUT2D eigenvalue weighted by molar-refractivity contribution is 0.103. The summed E-state index contributed by atoms with van der Waals surface area (Å²) >= 11 is 0. The van der Waals surface area contributed by atoms with Crippen LogP contribution >= 0.6 is 0 Å². The van der Waals surface area contributed by atoms with Crippen LogP contribution < -0.4 is 0 Å². The number of ketones is 1. The molecule has 0 unspecified atom stereocenters. The summed E-state index contributed by atoms with van der Waals surface area (Å²) in [6, 6.07) is 7.67. The molecule has 4 heteroatoms. The highest BCUT2D eigenvalue weighted by atomic mass is 16.1. The number of aliphatic imine (C=N–C) groups is 1. The summed E-state index contributed by atoms with van der Waals surface area (Å²) in [5.74, 6) is 0.0353. The van der Waals surface area contributed by atoms with E-state index in [4.69, 9.17) is 4.99 Å². The molecule has 1 heterocycles. The van der Waals surface area contributed by atoms with Gasteiger partial charge in [-0.25, -0.2) is 4.98 Å². The molecule has 1 aliphatic rings. The van der Waals surface area contributed by atoms with E-state index >= 15 is 0 Å². The van der Waals surface area contributed by atoms with Crippen molar-refractivity contribution in [1.29, 1.82) is 0 Å². The highest BCUT2D eigenvalue weighted by Gasteiger charge is 2.31. The van der Waals surface area contributed by atoms with E-state index in [9.17, 15) is 4.79 Å². The predicted molar refractivity (Wildman–Crippen MR) is 83.1 cm³/mol. The normalized spacial score (nSPS) is 15.1. The van der Waals surface area contributed by atoms with Crippen LogP contribution in [-0.2, 0) is 7.05 Å². The van der Waals surface area contributed by atoms with Crippen molar-refractivity contribution in [1.82, 2.24) is 9.55 Å². The summed E-state index contributed by atoms with van der Waals surface area (Å²) in [5, 5.41) is 0. The Morgan fingerprint density at radius 3 is 2.71 bits per heavy atom. The Hall–Kier alpha value is -2.23. The maximum Gasteiger partial charge on any atom is 0.212 e. The van der Waals surface area contributed by atoms with Crippen LogP contribution in [-0.4, -0.2) is 27.6 Å². The van der Waals surface area contributed by atoms with Gasteiger partial charge in [0, 0.05) is 24.7 Å². The molecular weight excluding hydrogens is 262 g/mol. The van der Waals surface area contributed by atoms with Gasteiger partial charge in [-0.05, 0) is 6.42 Å². The Bertz CT molecular complexity index is 713. The number of imidazole rings is 1. The molecule has 0 atom stereocenters. The van der Waals surface area contributed by atoms with Crippen LogP contribution in [0.15, 0.2) is 35.6 Å². The molecule has 0 amide bonds. The number of unbranched alkanes of at least 4 members (excludes halogenated alkanes) is 2. The predicted octanol–water partition coefficient (Wildman–Crippen LogP) is 2.99. The number of fused-ring (bicyclic) bond motifs is 2. The molecule has 3 rings (SSSR count). The first-order valence-corrected chi connectivity index (χ1v) is 7.44. The summed E-state index contributed by atoms with van der Waals surface area (Å²) in [6.45, 7) is 2.96. The van der Waals surface area contributed by atoms with Crippen molar-refractivity contribution in [3.05, 3.63) is 53.1 Å². The van der Waals surface area contributed by atoms with E-state index in [1.807, 2.05) is 31.3 Å². The molecule has 2 aromatic rings. The van der Waals surface area contributed by atoms with Crippen LogP contribution in [0.2, 0.25) is 0 Å². The number of aromatic nitrogens is 2. The first-order chi connectivity index (χ1) is 10.2. The Morgan fingerprint density at radius 2 is 1.95 bits per heavy atom. The van der Waals surface area contributed by atoms with Crippen LogP contribution in [0.5, 0.6) is 0 Å². The second kappa shape index (κ2) is 5.64. The maximum atomic E-state index is 12.6. The van der Waals surface area contributed by atoms with Crippen molar-refractivity contribution in [2.75, 3.05) is 6.54 Å². The number of aryl methyl sites for hydroxylation is 1. The topological polar surface area (TPSA) is 47.2 Å². The van der Waals surface area contributed by atoms with E-state index in [1.54, 1.807) is 10.9 Å². The summed E-state index contributed by atoms with van der Waals surface area (Å²) < 4.78 is 1.79. The molecule has 0 aliphatic heterocycles. The maximum absolute atomic E-state index is 12.6. The third-order valence-electron chi connectivity index (χ3n) is 3.83. The number of rotatable bonds is 4. The zero-order valence-electron chi connectivity index (χ0n) is 12.5. The van der Waals surface area contributed by atoms with Gasteiger partial charge in [0.2, 0.25) is 5.78 Å². The quantitative estimate of drug-likeness (QED) is 0.690. The van der Waals surface area contributed by atoms with E-state index in [0.717, 1.165) is 35.5 Å². The number of hydrogen-bond donors (Lipinski definition) is 0. The van der Waals surface area contributed by atoms with Gasteiger partial charge in [-0.3, -0.25) is 9.79 Å². The second-order valence-corrected chi connectivity index (χ2v) is 5.36. The van der Waals surface area contributed by atoms with Gasteiger partial charge in [0.05, 0.1) is 12.0 Å². The van der Waals surface area contributed by atoms with E-state index in [-0.39, 0.29) is 5.78 Å². The minimum Gasteiger partial charge on any atom is -0.330 e. The Balaban J connectivity index is 2.08. The fourth-order valence-electron chi connectivity index (χ4n) is 2.73. The smallest absolute Gasteiger partial charge is 0.212 e. The summed E-state index contributed by atoms with van der Waals surface area (Å²) in [5.41, 5.74) is 3.85. The van der Waals surface area contributed by atoms with Gasteiger partial charge in [-0.2, -0.15) is 0 Å². The summed E-state index contributed by atoms with van der Waals surface area (Å²) in [4.78, 5) is 21.7. The van der Waals surface area contributed by atoms with Crippen LogP contribution in [0.25, 0.3) is 0 Å². The van der Waals surface area contributed by atoms with E-state index < -0.39 is 0 Å². The third kappa shape index (κ3) is 2.31. The van der Waals surface area contributed by atoms with Crippen molar-refractivity contribution in [3.8, 4) is 0 Å². The van der Waals surface area contributed by atoms with Crippen LogP contribution in [0, 0.1) is 0 Å². The lowest BCUT2D eigenvalue weighted by atomic mass is 9.89. The first-order valence-electron chi connectivity index (χ1n) is 7.44. The van der Waals surface area contributed by atoms with Crippen LogP contribution in [0.3, 0.4) is 0 Å². The molecule has 0 N–H and O–H groups in total. The van der Waals surface area contributed by atoms with Gasteiger partial charge >= 0.3 is 0 Å². The van der Waals surface area contributed by atoms with E-state index in [1.165, 1.54) is 12.8 Å². The number of hydrogen-bond acceptors (Lipinski definition) is 3. The summed E-state index contributed by atoms with van der Waals surface area (Å²) in [6.07, 6.45) is 5.11. The monoisotopic (exact) mass is 281 g/mol. The number of nitrogens with zero attached hydrogens (tertiary/aromatic N) is 3. The van der Waals surface area contributed by atoms with Crippen LogP contribution in [0.4, 0.5) is 0 Å². The molecule has 4 nitrogen and oxygen atoms in total. The molecule has 21 heavy (non-hydrogen) atoms. The van der Waals surface area contributed by atoms with Gasteiger partial charge < -0.3 is 4.57 Å². The number of carbonyl (C=O) groups is 1. The highest BCUT2D eigenvalue weighted by molar-refractivity contribution is 6.28. The molecule has 1 aliphatic carbocycles. The van der Waals surface area contributed by atoms with Crippen molar-refractivity contribution in [2.45, 2.75) is 26.2 Å². The molecule has 0 bridgehead atoms. The fourth-order valence-corrected chi connectivity index (χ4v) is 2.73. The van der Waals surface area contributed by atoms with E-state index in [0.29, 0.717) is 5.69 Å². The SMILES string of the molecule is CCCCCN=C1c2ccccc2C(=O)c2c1ncn2C. The molecule has 0 radical (unpaired) electrons. The third-order valence-corrected chi connectivity index (χ3v) is 3.83. The molecule has 0 spiro atoms. The van der Waals surface area contributed by atoms with Crippen molar-refractivity contribution in [2.24, 2.45) is 12.0 Å². The van der Waals surface area contributed by atoms with Gasteiger partial charge in [-0.1, -0.05) is 44.0 Å². The average Bonchev–Trinajstić information content (AvgIpc) is 2.89. The highest BCUT2D eigenvalue weighted by Crippen LogP contribution is 2.26. The van der Waals surface area contributed by atoms with Crippen molar-refractivity contribution in [3.63, 3.8) is 0 Å². The zero-order chi connectivity index (χ0) is 14.8. The van der Waals surface area contributed by atoms with Gasteiger partial charge in [0.1, 0.15) is 11.4 Å². The van der Waals surface area contributed by atoms with Gasteiger partial charge in [0.15, 0.2) is 0 Å². The summed E-state index contributed by atoms with van der Waals surface area (Å²) in [7, 11) is 1.85. The zero-order valence-corrected chi connectivity index (χ0v) is 12.5. The molecule has 1 aromatic heterocycles. The molecule has 0 saturated heterocycles. The second-order valence-electron chi connectivity index (χ2n) is 5.36. The Labute approximate surface area is 124 Å². The molecule has 0 fully saturated rings. The molecule has 0 saturated carbocycles. The molecular formula is C17H19N3O. The van der Waals surface area contributed by atoms with E-state index in [2.05, 4.69) is 11.9 Å². The van der Waals surface area contributed by atoms with Gasteiger partial charge in [-0.15, -0.1) is 0 Å². The largest absolute Gasteiger partial charge is 0.330 e.